The molecule has 2 heterocycles. The summed E-state index contributed by atoms with van der Waals surface area (Å²) in [5.41, 5.74) is 1.67. The zero-order chi connectivity index (χ0) is 21.5. The SMILES string of the molecule is COc1ccc(-c2nc(C)c(C(=O)NCCCCN3CCCC(C)C3)s2)cc1OC. The Morgan fingerprint density at radius 2 is 2.07 bits per heavy atom. The van der Waals surface area contributed by atoms with E-state index in [1.807, 2.05) is 25.1 Å². The number of unbranched alkanes of at least 4 members (excludes halogenated alkanes) is 1. The van der Waals surface area contributed by atoms with Crippen LogP contribution < -0.4 is 14.8 Å². The van der Waals surface area contributed by atoms with Crippen LogP contribution in [0.1, 0.15) is 48.0 Å². The van der Waals surface area contributed by atoms with Gasteiger partial charge in [0, 0.05) is 18.7 Å². The van der Waals surface area contributed by atoms with Gasteiger partial charge in [-0.3, -0.25) is 4.79 Å². The maximum atomic E-state index is 12.6. The molecular formula is C23H33N3O3S. The molecule has 0 radical (unpaired) electrons. The molecular weight excluding hydrogens is 398 g/mol. The number of piperidine rings is 1. The number of benzene rings is 1. The normalized spacial score (nSPS) is 17.0. The second-order valence-electron chi connectivity index (χ2n) is 8.01. The summed E-state index contributed by atoms with van der Waals surface area (Å²) in [5, 5.41) is 3.86. The minimum atomic E-state index is -0.0386. The molecule has 6 nitrogen and oxygen atoms in total. The molecule has 0 aliphatic carbocycles. The Morgan fingerprint density at radius 1 is 1.27 bits per heavy atom. The number of likely N-dealkylation sites (tertiary alicyclic amines) is 1. The summed E-state index contributed by atoms with van der Waals surface area (Å²) in [7, 11) is 3.22. The molecule has 7 heteroatoms. The highest BCUT2D eigenvalue weighted by molar-refractivity contribution is 7.17. The molecule has 1 unspecified atom stereocenters. The van der Waals surface area contributed by atoms with Gasteiger partial charge in [-0.1, -0.05) is 6.92 Å². The van der Waals surface area contributed by atoms with Crippen molar-refractivity contribution in [2.24, 2.45) is 5.92 Å². The minimum absolute atomic E-state index is 0.0386. The number of aromatic nitrogens is 1. The number of carbonyl (C=O) groups excluding carboxylic acids is 1. The Balaban J connectivity index is 1.51. The molecule has 0 bridgehead atoms. The van der Waals surface area contributed by atoms with Gasteiger partial charge in [0.1, 0.15) is 9.88 Å². The fourth-order valence-corrected chi connectivity index (χ4v) is 4.91. The van der Waals surface area contributed by atoms with Crippen LogP contribution in [0.3, 0.4) is 0 Å². The molecule has 1 aromatic carbocycles. The van der Waals surface area contributed by atoms with E-state index in [9.17, 15) is 4.79 Å². The van der Waals surface area contributed by atoms with Crippen molar-refractivity contribution in [3.8, 4) is 22.1 Å². The smallest absolute Gasteiger partial charge is 0.263 e. The zero-order valence-electron chi connectivity index (χ0n) is 18.5. The van der Waals surface area contributed by atoms with E-state index in [2.05, 4.69) is 22.1 Å². The van der Waals surface area contributed by atoms with Crippen molar-refractivity contribution in [1.29, 1.82) is 0 Å². The van der Waals surface area contributed by atoms with Crippen molar-refractivity contribution in [2.45, 2.75) is 39.5 Å². The number of carbonyl (C=O) groups is 1. The van der Waals surface area contributed by atoms with Crippen LogP contribution >= 0.6 is 11.3 Å². The maximum absolute atomic E-state index is 12.6. The highest BCUT2D eigenvalue weighted by atomic mass is 32.1. The molecule has 164 valence electrons. The molecule has 1 amide bonds. The lowest BCUT2D eigenvalue weighted by atomic mass is 10.0. The third-order valence-electron chi connectivity index (χ3n) is 5.56. The second kappa shape index (κ2) is 10.8. The number of ether oxygens (including phenoxy) is 2. The van der Waals surface area contributed by atoms with E-state index in [-0.39, 0.29) is 5.91 Å². The van der Waals surface area contributed by atoms with Crippen LogP contribution in [0, 0.1) is 12.8 Å². The average molecular weight is 432 g/mol. The quantitative estimate of drug-likeness (QED) is 0.597. The van der Waals surface area contributed by atoms with Gasteiger partial charge in [-0.2, -0.15) is 0 Å². The molecule has 0 spiro atoms. The van der Waals surface area contributed by atoms with Crippen molar-refractivity contribution < 1.29 is 14.3 Å². The topological polar surface area (TPSA) is 63.7 Å². The molecule has 1 atom stereocenters. The first kappa shape index (κ1) is 22.6. The number of aryl methyl sites for hydroxylation is 1. The highest BCUT2D eigenvalue weighted by Crippen LogP contribution is 2.35. The molecule has 1 aliphatic rings. The number of hydrogen-bond acceptors (Lipinski definition) is 6. The summed E-state index contributed by atoms with van der Waals surface area (Å²) in [5.74, 6) is 2.10. The fraction of sp³-hybridized carbons (Fsp3) is 0.565. The van der Waals surface area contributed by atoms with Crippen LogP contribution in [0.5, 0.6) is 11.5 Å². The summed E-state index contributed by atoms with van der Waals surface area (Å²) >= 11 is 1.41. The van der Waals surface area contributed by atoms with Gasteiger partial charge in [0.05, 0.1) is 19.9 Å². The molecule has 30 heavy (non-hydrogen) atoms. The Kier molecular flexibility index (Phi) is 8.10. The summed E-state index contributed by atoms with van der Waals surface area (Å²) in [6.45, 7) is 8.47. The minimum Gasteiger partial charge on any atom is -0.493 e. The van der Waals surface area contributed by atoms with E-state index in [1.165, 1.54) is 37.3 Å². The van der Waals surface area contributed by atoms with Crippen LogP contribution in [0.4, 0.5) is 0 Å². The predicted molar refractivity (Wildman–Crippen MR) is 122 cm³/mol. The van der Waals surface area contributed by atoms with Crippen molar-refractivity contribution >= 4 is 17.2 Å². The fourth-order valence-electron chi connectivity index (χ4n) is 3.93. The van der Waals surface area contributed by atoms with E-state index in [1.54, 1.807) is 14.2 Å². The standard InChI is InChI=1S/C23H33N3O3S/c1-16-8-7-13-26(15-16)12-6-5-11-24-22(27)21-17(2)25-23(30-21)18-9-10-19(28-3)20(14-18)29-4/h9-10,14,16H,5-8,11-13,15H2,1-4H3,(H,24,27). The van der Waals surface area contributed by atoms with Crippen LogP contribution in [-0.4, -0.2) is 56.2 Å². The molecule has 1 saturated heterocycles. The lowest BCUT2D eigenvalue weighted by Crippen LogP contribution is -2.35. The summed E-state index contributed by atoms with van der Waals surface area (Å²) in [4.78, 5) is 20.5. The first-order valence-electron chi connectivity index (χ1n) is 10.7. The van der Waals surface area contributed by atoms with Gasteiger partial charge in [0.2, 0.25) is 0 Å². The van der Waals surface area contributed by atoms with Crippen LogP contribution in [0.15, 0.2) is 18.2 Å². The Morgan fingerprint density at radius 3 is 2.80 bits per heavy atom. The van der Waals surface area contributed by atoms with E-state index >= 15 is 0 Å². The predicted octanol–water partition coefficient (Wildman–Crippen LogP) is 4.38. The molecule has 0 saturated carbocycles. The van der Waals surface area contributed by atoms with Crippen LogP contribution in [-0.2, 0) is 0 Å². The highest BCUT2D eigenvalue weighted by Gasteiger charge is 2.18. The first-order chi connectivity index (χ1) is 14.5. The number of amides is 1. The number of hydrogen-bond donors (Lipinski definition) is 1. The van der Waals surface area contributed by atoms with Crippen molar-refractivity contribution in [2.75, 3.05) is 40.4 Å². The van der Waals surface area contributed by atoms with E-state index < -0.39 is 0 Å². The molecule has 1 N–H and O–H groups in total. The number of thiazole rings is 1. The maximum Gasteiger partial charge on any atom is 0.263 e. The Labute approximate surface area is 183 Å². The molecule has 1 aliphatic heterocycles. The lowest BCUT2D eigenvalue weighted by molar-refractivity contribution is 0.0955. The van der Waals surface area contributed by atoms with E-state index in [4.69, 9.17) is 9.47 Å². The van der Waals surface area contributed by atoms with Crippen LogP contribution in [0.2, 0.25) is 0 Å². The largest absolute Gasteiger partial charge is 0.493 e. The van der Waals surface area contributed by atoms with Gasteiger partial charge in [0.15, 0.2) is 11.5 Å². The third-order valence-corrected chi connectivity index (χ3v) is 6.77. The van der Waals surface area contributed by atoms with E-state index in [0.717, 1.165) is 41.6 Å². The number of methoxy groups -OCH3 is 2. The molecule has 1 aromatic heterocycles. The molecule has 2 aromatic rings. The van der Waals surface area contributed by atoms with Gasteiger partial charge in [-0.05, 0) is 69.8 Å². The van der Waals surface area contributed by atoms with Gasteiger partial charge >= 0.3 is 0 Å². The zero-order valence-corrected chi connectivity index (χ0v) is 19.3. The van der Waals surface area contributed by atoms with Crippen molar-refractivity contribution in [3.05, 3.63) is 28.8 Å². The van der Waals surface area contributed by atoms with Gasteiger partial charge in [0.25, 0.3) is 5.91 Å². The Hall–Kier alpha value is -2.12. The van der Waals surface area contributed by atoms with Gasteiger partial charge < -0.3 is 19.7 Å². The van der Waals surface area contributed by atoms with Gasteiger partial charge in [-0.25, -0.2) is 4.98 Å². The number of nitrogens with one attached hydrogen (secondary N) is 1. The first-order valence-corrected chi connectivity index (χ1v) is 11.5. The van der Waals surface area contributed by atoms with Crippen molar-refractivity contribution in [1.82, 2.24) is 15.2 Å². The molecule has 3 rings (SSSR count). The van der Waals surface area contributed by atoms with Gasteiger partial charge in [-0.15, -0.1) is 11.3 Å². The number of nitrogens with zero attached hydrogens (tertiary/aromatic N) is 2. The van der Waals surface area contributed by atoms with E-state index in [0.29, 0.717) is 22.9 Å². The molecule has 1 fully saturated rings. The summed E-state index contributed by atoms with van der Waals surface area (Å²) < 4.78 is 10.7. The second-order valence-corrected chi connectivity index (χ2v) is 9.01. The number of rotatable bonds is 9. The Bertz CT molecular complexity index is 852. The van der Waals surface area contributed by atoms with Crippen LogP contribution in [0.25, 0.3) is 10.6 Å². The average Bonchev–Trinajstić information content (AvgIpc) is 3.14. The van der Waals surface area contributed by atoms with Crippen molar-refractivity contribution in [3.63, 3.8) is 0 Å². The monoisotopic (exact) mass is 431 g/mol. The summed E-state index contributed by atoms with van der Waals surface area (Å²) in [6, 6.07) is 5.68. The lowest BCUT2D eigenvalue weighted by Gasteiger charge is -2.30. The summed E-state index contributed by atoms with van der Waals surface area (Å²) in [6.07, 6.45) is 4.78. The third kappa shape index (κ3) is 5.73.